The second kappa shape index (κ2) is 9.11. The van der Waals surface area contributed by atoms with Crippen LogP contribution in [0.2, 0.25) is 0 Å². The Labute approximate surface area is 191 Å². The van der Waals surface area contributed by atoms with Crippen molar-refractivity contribution in [2.75, 3.05) is 45.7 Å². The minimum absolute atomic E-state index is 0.0356. The van der Waals surface area contributed by atoms with Gasteiger partial charge < -0.3 is 24.2 Å². The van der Waals surface area contributed by atoms with Gasteiger partial charge in [-0.1, -0.05) is 13.8 Å². The summed E-state index contributed by atoms with van der Waals surface area (Å²) in [4.78, 5) is 14.9. The molecule has 0 radical (unpaired) electrons. The molecule has 0 unspecified atom stereocenters. The quantitative estimate of drug-likeness (QED) is 0.603. The second-order valence-corrected chi connectivity index (χ2v) is 12.4. The van der Waals surface area contributed by atoms with Crippen LogP contribution in [0.15, 0.2) is 0 Å². The number of hydrogen-bond acceptors (Lipinski definition) is 7. The summed E-state index contributed by atoms with van der Waals surface area (Å²) in [5.74, 6) is 0.261. The van der Waals surface area contributed by atoms with Gasteiger partial charge in [-0.15, -0.1) is 0 Å². The molecule has 0 spiro atoms. The van der Waals surface area contributed by atoms with Crippen LogP contribution in [0.3, 0.4) is 0 Å². The summed E-state index contributed by atoms with van der Waals surface area (Å²) in [6.45, 7) is 7.38. The Morgan fingerprint density at radius 2 is 1.88 bits per heavy atom. The first kappa shape index (κ1) is 24.3. The van der Waals surface area contributed by atoms with E-state index in [4.69, 9.17) is 14.2 Å². The number of morpholine rings is 1. The molecule has 184 valence electrons. The van der Waals surface area contributed by atoms with E-state index in [1.54, 1.807) is 0 Å². The topological polar surface area (TPSA) is 114 Å². The first-order valence-electron chi connectivity index (χ1n) is 11.8. The number of hydrogen-bond donors (Lipinski definition) is 2. The zero-order valence-corrected chi connectivity index (χ0v) is 20.2. The minimum atomic E-state index is -3.31. The highest BCUT2D eigenvalue weighted by molar-refractivity contribution is 7.88. The number of sulfonamides is 1. The van der Waals surface area contributed by atoms with Crippen molar-refractivity contribution in [2.45, 2.75) is 64.4 Å². The second-order valence-electron chi connectivity index (χ2n) is 10.5. The third-order valence-electron chi connectivity index (χ3n) is 8.50. The molecule has 2 saturated carbocycles. The third kappa shape index (κ3) is 4.72. The number of aliphatic hydroxyl groups excluding tert-OH is 1. The van der Waals surface area contributed by atoms with Crippen LogP contribution in [-0.2, 0) is 29.0 Å². The lowest BCUT2D eigenvalue weighted by Gasteiger charge is -2.63. The van der Waals surface area contributed by atoms with E-state index in [1.165, 1.54) is 0 Å². The summed E-state index contributed by atoms with van der Waals surface area (Å²) in [6.07, 6.45) is 3.56. The number of carbonyl (C=O) groups excluding carboxylic acids is 1. The molecule has 2 aliphatic carbocycles. The van der Waals surface area contributed by atoms with E-state index in [1.807, 2.05) is 4.90 Å². The van der Waals surface area contributed by atoms with Crippen LogP contribution in [0.5, 0.6) is 0 Å². The van der Waals surface area contributed by atoms with Crippen molar-refractivity contribution >= 4 is 15.9 Å². The molecular weight excluding hydrogens is 436 g/mol. The van der Waals surface area contributed by atoms with E-state index >= 15 is 0 Å². The van der Waals surface area contributed by atoms with Gasteiger partial charge in [0.05, 0.1) is 44.8 Å². The highest BCUT2D eigenvalue weighted by atomic mass is 32.2. The van der Waals surface area contributed by atoms with Crippen LogP contribution in [0.25, 0.3) is 0 Å². The summed E-state index contributed by atoms with van der Waals surface area (Å²) in [5, 5.41) is 11.0. The standard InChI is InChI=1S/C22H38N2O7S/c1-21-7-6-18-22(2,14-30-20(31-18)13-23-32(3,27)28)17(21)5-4-16(25)15(21)12-19(26)24-8-10-29-11-9-24/h15-18,20,23,25H,4-14H2,1-3H3/t15-,16-,17+,18-,20-,21+,22+/m1/s1. The van der Waals surface area contributed by atoms with E-state index in [-0.39, 0.29) is 41.2 Å². The fourth-order valence-electron chi connectivity index (χ4n) is 6.74. The van der Waals surface area contributed by atoms with Crippen molar-refractivity contribution in [3.63, 3.8) is 0 Å². The summed E-state index contributed by atoms with van der Waals surface area (Å²) < 4.78 is 42.9. The molecule has 32 heavy (non-hydrogen) atoms. The Hall–Kier alpha value is -0.780. The number of carbonyl (C=O) groups is 1. The molecule has 2 saturated heterocycles. The van der Waals surface area contributed by atoms with Crippen molar-refractivity contribution in [1.82, 2.24) is 9.62 Å². The van der Waals surface area contributed by atoms with Crippen molar-refractivity contribution in [2.24, 2.45) is 22.7 Å². The molecule has 2 heterocycles. The fraction of sp³-hybridized carbons (Fsp3) is 0.955. The molecule has 0 aromatic rings. The lowest BCUT2D eigenvalue weighted by Crippen LogP contribution is -2.63. The van der Waals surface area contributed by atoms with Gasteiger partial charge in [0.2, 0.25) is 15.9 Å². The summed E-state index contributed by atoms with van der Waals surface area (Å²) in [7, 11) is -3.31. The van der Waals surface area contributed by atoms with Gasteiger partial charge in [0.15, 0.2) is 6.29 Å². The first-order valence-corrected chi connectivity index (χ1v) is 13.7. The van der Waals surface area contributed by atoms with Gasteiger partial charge in [-0.05, 0) is 42.9 Å². The van der Waals surface area contributed by atoms with Crippen molar-refractivity contribution in [3.8, 4) is 0 Å². The Balaban J connectivity index is 1.47. The molecule has 0 bridgehead atoms. The molecule has 4 rings (SSSR count). The van der Waals surface area contributed by atoms with E-state index in [2.05, 4.69) is 18.6 Å². The maximum absolute atomic E-state index is 13.0. The van der Waals surface area contributed by atoms with Crippen LogP contribution in [-0.4, -0.2) is 88.5 Å². The van der Waals surface area contributed by atoms with Crippen LogP contribution >= 0.6 is 0 Å². The predicted molar refractivity (Wildman–Crippen MR) is 117 cm³/mol. The van der Waals surface area contributed by atoms with Gasteiger partial charge in [0.1, 0.15) is 0 Å². The number of amides is 1. The largest absolute Gasteiger partial charge is 0.393 e. The zero-order valence-electron chi connectivity index (χ0n) is 19.4. The van der Waals surface area contributed by atoms with E-state index in [0.717, 1.165) is 25.5 Å². The van der Waals surface area contributed by atoms with Crippen LogP contribution in [0.1, 0.15) is 46.0 Å². The minimum Gasteiger partial charge on any atom is -0.393 e. The molecule has 10 heteroatoms. The highest BCUT2D eigenvalue weighted by Gasteiger charge is 2.61. The van der Waals surface area contributed by atoms with Crippen LogP contribution in [0.4, 0.5) is 0 Å². The predicted octanol–water partition coefficient (Wildman–Crippen LogP) is 0.720. The first-order chi connectivity index (χ1) is 15.0. The van der Waals surface area contributed by atoms with Crippen molar-refractivity contribution < 1.29 is 32.5 Å². The summed E-state index contributed by atoms with van der Waals surface area (Å²) in [6, 6.07) is 0. The highest BCUT2D eigenvalue weighted by Crippen LogP contribution is 2.62. The van der Waals surface area contributed by atoms with Gasteiger partial charge in [-0.25, -0.2) is 13.1 Å². The number of ether oxygens (including phenoxy) is 3. The Kier molecular flexibility index (Phi) is 6.93. The maximum Gasteiger partial charge on any atom is 0.223 e. The molecule has 0 aromatic heterocycles. The molecule has 4 aliphatic rings. The van der Waals surface area contributed by atoms with E-state index < -0.39 is 22.4 Å². The molecule has 2 N–H and O–H groups in total. The number of aliphatic hydroxyl groups is 1. The average molecular weight is 475 g/mol. The number of fused-ring (bicyclic) bond motifs is 3. The van der Waals surface area contributed by atoms with Crippen LogP contribution in [0, 0.1) is 22.7 Å². The van der Waals surface area contributed by atoms with Gasteiger partial charge in [-0.3, -0.25) is 4.79 Å². The summed E-state index contributed by atoms with van der Waals surface area (Å²) >= 11 is 0. The molecule has 0 aromatic carbocycles. The van der Waals surface area contributed by atoms with Gasteiger partial charge in [0, 0.05) is 24.9 Å². The lowest BCUT2D eigenvalue weighted by molar-refractivity contribution is -0.306. The van der Waals surface area contributed by atoms with E-state index in [0.29, 0.717) is 45.8 Å². The third-order valence-corrected chi connectivity index (χ3v) is 9.19. The lowest BCUT2D eigenvalue weighted by atomic mass is 9.46. The average Bonchev–Trinajstić information content (AvgIpc) is 2.74. The summed E-state index contributed by atoms with van der Waals surface area (Å²) in [5.41, 5.74) is -0.426. The SMILES string of the molecule is C[C@@]12CO[C@@H](CNS(C)(=O)=O)O[C@@H]1CC[C@]1(C)[C@@H]2CC[C@@H](O)[C@H]1CC(=O)N1CCOCC1. The van der Waals surface area contributed by atoms with Gasteiger partial charge >= 0.3 is 0 Å². The van der Waals surface area contributed by atoms with Crippen LogP contribution < -0.4 is 4.72 Å². The van der Waals surface area contributed by atoms with Crippen molar-refractivity contribution in [3.05, 3.63) is 0 Å². The van der Waals surface area contributed by atoms with E-state index in [9.17, 15) is 18.3 Å². The molecule has 2 aliphatic heterocycles. The molecular formula is C22H38N2O7S. The zero-order chi connectivity index (χ0) is 23.1. The maximum atomic E-state index is 13.0. The molecule has 9 nitrogen and oxygen atoms in total. The number of nitrogens with one attached hydrogen (secondary N) is 1. The Bertz CT molecular complexity index is 802. The Morgan fingerprint density at radius 3 is 2.56 bits per heavy atom. The molecule has 1 amide bonds. The normalized spacial score (nSPS) is 42.8. The monoisotopic (exact) mass is 474 g/mol. The van der Waals surface area contributed by atoms with Gasteiger partial charge in [0.25, 0.3) is 0 Å². The fourth-order valence-corrected chi connectivity index (χ4v) is 7.18. The van der Waals surface area contributed by atoms with Gasteiger partial charge in [-0.2, -0.15) is 0 Å². The Morgan fingerprint density at radius 1 is 1.16 bits per heavy atom. The molecule has 7 atom stereocenters. The molecule has 4 fully saturated rings. The van der Waals surface area contributed by atoms with Crippen molar-refractivity contribution in [1.29, 1.82) is 0 Å². The number of nitrogens with zero attached hydrogens (tertiary/aromatic N) is 1. The smallest absolute Gasteiger partial charge is 0.223 e. The number of rotatable bonds is 5.